The lowest BCUT2D eigenvalue weighted by Gasteiger charge is -2.38. The number of carbonyl (C=O) groups is 2. The highest BCUT2D eigenvalue weighted by atomic mass is 16.5. The van der Waals surface area contributed by atoms with Gasteiger partial charge < -0.3 is 34.9 Å². The summed E-state index contributed by atoms with van der Waals surface area (Å²) in [5.41, 5.74) is 3.90. The number of rotatable bonds is 7. The average Bonchev–Trinajstić information content (AvgIpc) is 3.03. The van der Waals surface area contributed by atoms with E-state index in [0.717, 1.165) is 31.5 Å². The van der Waals surface area contributed by atoms with Crippen LogP contribution in [0.1, 0.15) is 40.4 Å². The number of nitrogens with zero attached hydrogens (tertiary/aromatic N) is 1. The fourth-order valence-corrected chi connectivity index (χ4v) is 5.40. The minimum Gasteiger partial charge on any atom is -0.491 e. The van der Waals surface area contributed by atoms with Gasteiger partial charge in [-0.05, 0) is 53.8 Å². The van der Waals surface area contributed by atoms with Crippen LogP contribution in [0.4, 0.5) is 4.79 Å². The molecule has 3 N–H and O–H groups in total. The van der Waals surface area contributed by atoms with Crippen molar-refractivity contribution in [3.8, 4) is 17.2 Å². The lowest BCUT2D eigenvalue weighted by molar-refractivity contribution is -0.0303. The zero-order chi connectivity index (χ0) is 30.7. The molecule has 0 radical (unpaired) electrons. The van der Waals surface area contributed by atoms with E-state index in [-0.39, 0.29) is 37.2 Å². The molecule has 0 aliphatic carbocycles. The molecule has 10 nitrogen and oxygen atoms in total. The zero-order valence-electron chi connectivity index (χ0n) is 25.5. The molecule has 0 aromatic heterocycles. The molecule has 1 fully saturated rings. The van der Waals surface area contributed by atoms with Gasteiger partial charge in [0.2, 0.25) is 0 Å². The fraction of sp³-hybridized carbons (Fsp3) is 0.412. The number of likely N-dealkylation sites (tertiary alicyclic amines) is 1. The van der Waals surface area contributed by atoms with Crippen LogP contribution in [0.15, 0.2) is 66.7 Å². The highest BCUT2D eigenvalue weighted by molar-refractivity contribution is 5.95. The first kappa shape index (κ1) is 31.3. The van der Waals surface area contributed by atoms with Crippen molar-refractivity contribution in [2.24, 2.45) is 0 Å². The first-order valence-corrected chi connectivity index (χ1v) is 15.3. The maximum absolute atomic E-state index is 13.0. The van der Waals surface area contributed by atoms with E-state index in [1.165, 1.54) is 11.1 Å². The molecule has 3 amide bonds. The van der Waals surface area contributed by atoms with Gasteiger partial charge in [0.1, 0.15) is 23.9 Å². The van der Waals surface area contributed by atoms with Crippen LogP contribution in [-0.4, -0.2) is 75.5 Å². The van der Waals surface area contributed by atoms with Crippen LogP contribution in [0.3, 0.4) is 0 Å². The Morgan fingerprint density at radius 3 is 2.57 bits per heavy atom. The van der Waals surface area contributed by atoms with E-state index in [4.69, 9.17) is 18.9 Å². The van der Waals surface area contributed by atoms with E-state index < -0.39 is 0 Å². The van der Waals surface area contributed by atoms with E-state index in [2.05, 4.69) is 52.0 Å². The number of fused-ring (bicyclic) bond motifs is 5. The van der Waals surface area contributed by atoms with E-state index in [0.29, 0.717) is 49.2 Å². The number of carbonyl (C=O) groups excluding carboxylic acids is 2. The van der Waals surface area contributed by atoms with Crippen LogP contribution in [0.2, 0.25) is 0 Å². The summed E-state index contributed by atoms with van der Waals surface area (Å²) in [7, 11) is 1.60. The predicted octanol–water partition coefficient (Wildman–Crippen LogP) is 4.27. The number of aryl methyl sites for hydroxylation is 1. The second-order valence-corrected chi connectivity index (χ2v) is 11.1. The van der Waals surface area contributed by atoms with Crippen molar-refractivity contribution < 1.29 is 28.5 Å². The minimum atomic E-state index is -0.297. The highest BCUT2D eigenvalue weighted by Crippen LogP contribution is 2.29. The Kier molecular flexibility index (Phi) is 11.1. The standard InChI is InChI=1S/C34H42N4O6/c1-3-24-7-9-25(10-8-24)21-38-14-11-31-32(22-38)43-23-26-5-4-6-28(17-26)44-30-19-27(18-29(20-30)42-16-15-41-2)33(39)35-12-13-36-34(40)37-31/h4-10,17-20,31-32H,3,11-16,21-23H2,1-2H3,(H,35,39)(H2,36,37,40)/t31-,32-/m0/s1. The van der Waals surface area contributed by atoms with Gasteiger partial charge in [0.15, 0.2) is 0 Å². The van der Waals surface area contributed by atoms with Crippen LogP contribution in [-0.2, 0) is 29.0 Å². The number of ether oxygens (including phenoxy) is 4. The third-order valence-corrected chi connectivity index (χ3v) is 7.79. The van der Waals surface area contributed by atoms with E-state index in [1.54, 1.807) is 25.3 Å². The lowest BCUT2D eigenvalue weighted by Crippen LogP contribution is -2.56. The van der Waals surface area contributed by atoms with Gasteiger partial charge in [-0.2, -0.15) is 0 Å². The summed E-state index contributed by atoms with van der Waals surface area (Å²) in [5, 5.41) is 8.83. The molecule has 0 unspecified atom stereocenters. The van der Waals surface area contributed by atoms with Crippen molar-refractivity contribution in [3.63, 3.8) is 0 Å². The maximum atomic E-state index is 13.0. The fourth-order valence-electron chi connectivity index (χ4n) is 5.40. The van der Waals surface area contributed by atoms with Gasteiger partial charge in [-0.3, -0.25) is 9.69 Å². The molecular weight excluding hydrogens is 560 g/mol. The van der Waals surface area contributed by atoms with Crippen LogP contribution in [0.5, 0.6) is 17.2 Å². The smallest absolute Gasteiger partial charge is 0.315 e. The number of amides is 3. The molecule has 0 saturated carbocycles. The van der Waals surface area contributed by atoms with Crippen molar-refractivity contribution in [1.29, 1.82) is 0 Å². The van der Waals surface area contributed by atoms with Crippen LogP contribution < -0.4 is 25.4 Å². The molecule has 44 heavy (non-hydrogen) atoms. The van der Waals surface area contributed by atoms with Gasteiger partial charge >= 0.3 is 6.03 Å². The largest absolute Gasteiger partial charge is 0.491 e. The van der Waals surface area contributed by atoms with Crippen LogP contribution >= 0.6 is 0 Å². The van der Waals surface area contributed by atoms with E-state index >= 15 is 0 Å². The average molecular weight is 603 g/mol. The Hall–Kier alpha value is -4.12. The van der Waals surface area contributed by atoms with Gasteiger partial charge in [0.05, 0.1) is 25.4 Å². The van der Waals surface area contributed by atoms with Gasteiger partial charge in [-0.1, -0.05) is 43.3 Å². The van der Waals surface area contributed by atoms with Gasteiger partial charge in [-0.25, -0.2) is 4.79 Å². The SMILES string of the molecule is CCc1ccc(CN2CC[C@@H]3NC(=O)NCCNC(=O)c4cc(OCCOC)cc(c4)Oc4cccc(c4)CO[C@H]3C2)cc1. The van der Waals surface area contributed by atoms with Gasteiger partial charge in [0.25, 0.3) is 5.91 Å². The number of methoxy groups -OCH3 is 1. The zero-order valence-corrected chi connectivity index (χ0v) is 25.5. The van der Waals surface area contributed by atoms with Gasteiger partial charge in [0, 0.05) is 51.5 Å². The molecule has 2 aliphatic heterocycles. The number of benzene rings is 3. The second kappa shape index (κ2) is 15.6. The van der Waals surface area contributed by atoms with Crippen LogP contribution in [0, 0.1) is 0 Å². The monoisotopic (exact) mass is 602 g/mol. The van der Waals surface area contributed by atoms with Crippen molar-refractivity contribution in [2.75, 3.05) is 46.5 Å². The number of piperidine rings is 1. The number of hydrogen-bond acceptors (Lipinski definition) is 7. The molecule has 1 saturated heterocycles. The minimum absolute atomic E-state index is 0.155. The van der Waals surface area contributed by atoms with Crippen molar-refractivity contribution >= 4 is 11.9 Å². The Morgan fingerprint density at radius 1 is 0.932 bits per heavy atom. The third-order valence-electron chi connectivity index (χ3n) is 7.79. The summed E-state index contributed by atoms with van der Waals surface area (Å²) < 4.78 is 23.6. The molecule has 2 atom stereocenters. The molecule has 4 bridgehead atoms. The Labute approximate surface area is 259 Å². The Balaban J connectivity index is 1.33. The second-order valence-electron chi connectivity index (χ2n) is 11.1. The third kappa shape index (κ3) is 8.95. The molecule has 3 aromatic carbocycles. The normalized spacial score (nSPS) is 19.7. The van der Waals surface area contributed by atoms with Gasteiger partial charge in [-0.15, -0.1) is 0 Å². The quantitative estimate of drug-likeness (QED) is 0.347. The topological polar surface area (TPSA) is 110 Å². The van der Waals surface area contributed by atoms with Crippen molar-refractivity contribution in [2.45, 2.75) is 45.1 Å². The van der Waals surface area contributed by atoms with E-state index in [9.17, 15) is 9.59 Å². The molecule has 0 spiro atoms. The molecule has 3 aromatic rings. The lowest BCUT2D eigenvalue weighted by atomic mass is 10.0. The number of nitrogens with one attached hydrogen (secondary N) is 3. The Morgan fingerprint density at radius 2 is 1.75 bits per heavy atom. The van der Waals surface area contributed by atoms with E-state index in [1.807, 2.05) is 24.3 Å². The Bertz CT molecular complexity index is 1400. The number of hydrogen-bond donors (Lipinski definition) is 3. The van der Waals surface area contributed by atoms with Crippen LogP contribution in [0.25, 0.3) is 0 Å². The first-order chi connectivity index (χ1) is 21.5. The molecular formula is C34H42N4O6. The summed E-state index contributed by atoms with van der Waals surface area (Å²) in [6.45, 7) is 6.13. The molecule has 2 aliphatic rings. The number of urea groups is 1. The first-order valence-electron chi connectivity index (χ1n) is 15.3. The summed E-state index contributed by atoms with van der Waals surface area (Å²) in [6, 6.07) is 21.1. The molecule has 5 rings (SSSR count). The maximum Gasteiger partial charge on any atom is 0.315 e. The molecule has 10 heteroatoms. The highest BCUT2D eigenvalue weighted by Gasteiger charge is 2.31. The summed E-state index contributed by atoms with van der Waals surface area (Å²) in [6.07, 6.45) is 1.56. The summed E-state index contributed by atoms with van der Waals surface area (Å²) in [5.74, 6) is 1.28. The predicted molar refractivity (Wildman–Crippen MR) is 167 cm³/mol. The summed E-state index contributed by atoms with van der Waals surface area (Å²) >= 11 is 0. The molecule has 2 heterocycles. The summed E-state index contributed by atoms with van der Waals surface area (Å²) in [4.78, 5) is 28.2. The molecule has 234 valence electrons. The van der Waals surface area contributed by atoms with Crippen molar-refractivity contribution in [1.82, 2.24) is 20.9 Å². The van der Waals surface area contributed by atoms with Crippen molar-refractivity contribution in [3.05, 3.63) is 89.0 Å².